The first-order valence-corrected chi connectivity index (χ1v) is 7.92. The molecule has 0 saturated heterocycles. The average molecular weight is 295 g/mol. The predicted octanol–water partition coefficient (Wildman–Crippen LogP) is 4.68. The lowest BCUT2D eigenvalue weighted by Crippen LogP contribution is -2.26. The maximum atomic E-state index is 12.2. The van der Waals surface area contributed by atoms with Crippen molar-refractivity contribution in [2.45, 2.75) is 40.2 Å². The highest BCUT2D eigenvalue weighted by Gasteiger charge is 2.11. The first-order chi connectivity index (χ1) is 10.5. The second-order valence-corrected chi connectivity index (χ2v) is 6.40. The Morgan fingerprint density at radius 3 is 2.09 bits per heavy atom. The van der Waals surface area contributed by atoms with Gasteiger partial charge in [-0.2, -0.15) is 0 Å². The molecule has 0 aliphatic rings. The second-order valence-electron chi connectivity index (χ2n) is 6.40. The monoisotopic (exact) mass is 295 g/mol. The van der Waals surface area contributed by atoms with Gasteiger partial charge >= 0.3 is 0 Å². The maximum absolute atomic E-state index is 12.2. The van der Waals surface area contributed by atoms with Crippen LogP contribution in [0.3, 0.4) is 0 Å². The van der Waals surface area contributed by atoms with Crippen molar-refractivity contribution in [3.63, 3.8) is 0 Å². The molecule has 0 aliphatic heterocycles. The fourth-order valence-corrected chi connectivity index (χ4v) is 2.48. The van der Waals surface area contributed by atoms with Gasteiger partial charge in [0.2, 0.25) is 0 Å². The Morgan fingerprint density at radius 2 is 1.55 bits per heavy atom. The van der Waals surface area contributed by atoms with Gasteiger partial charge in [0, 0.05) is 5.56 Å². The summed E-state index contributed by atoms with van der Waals surface area (Å²) < 4.78 is 0. The van der Waals surface area contributed by atoms with Crippen LogP contribution in [-0.2, 0) is 6.42 Å². The molecule has 0 radical (unpaired) electrons. The Bertz CT molecular complexity index is 611. The van der Waals surface area contributed by atoms with Crippen LogP contribution in [0.4, 0.5) is 0 Å². The number of amides is 1. The Morgan fingerprint density at radius 1 is 0.955 bits per heavy atom. The number of carbonyl (C=O) groups excluding carboxylic acids is 1. The zero-order chi connectivity index (χ0) is 16.1. The number of hydrogen-bond acceptors (Lipinski definition) is 1. The van der Waals surface area contributed by atoms with E-state index in [0.717, 1.165) is 17.5 Å². The Balaban J connectivity index is 2.00. The fraction of sp³-hybridized carbons (Fsp3) is 0.350. The van der Waals surface area contributed by atoms with Crippen molar-refractivity contribution in [3.8, 4) is 0 Å². The number of rotatable bonds is 5. The summed E-state index contributed by atoms with van der Waals surface area (Å²) in [7, 11) is 0. The molecule has 2 nitrogen and oxygen atoms in total. The average Bonchev–Trinajstić information content (AvgIpc) is 2.48. The zero-order valence-corrected chi connectivity index (χ0v) is 13.9. The molecule has 0 aromatic heterocycles. The lowest BCUT2D eigenvalue weighted by Gasteiger charge is -2.15. The van der Waals surface area contributed by atoms with E-state index in [1.165, 1.54) is 5.56 Å². The fourth-order valence-electron chi connectivity index (χ4n) is 2.48. The molecule has 2 aromatic carbocycles. The number of hydrogen-bond donors (Lipinski definition) is 1. The van der Waals surface area contributed by atoms with Gasteiger partial charge in [-0.25, -0.2) is 0 Å². The van der Waals surface area contributed by atoms with Crippen LogP contribution in [0, 0.1) is 12.8 Å². The molecule has 22 heavy (non-hydrogen) atoms. The third-order valence-corrected chi connectivity index (χ3v) is 3.79. The van der Waals surface area contributed by atoms with Gasteiger partial charge < -0.3 is 5.32 Å². The lowest BCUT2D eigenvalue weighted by molar-refractivity contribution is 0.0940. The van der Waals surface area contributed by atoms with Crippen molar-refractivity contribution >= 4 is 5.91 Å². The van der Waals surface area contributed by atoms with E-state index in [9.17, 15) is 4.79 Å². The molecule has 2 heteroatoms. The van der Waals surface area contributed by atoms with Gasteiger partial charge in [-0.1, -0.05) is 55.8 Å². The highest BCUT2D eigenvalue weighted by Crippen LogP contribution is 2.16. The summed E-state index contributed by atoms with van der Waals surface area (Å²) in [4.78, 5) is 12.2. The molecule has 0 heterocycles. The molecule has 2 rings (SSSR count). The topological polar surface area (TPSA) is 29.1 Å². The Kier molecular flexibility index (Phi) is 5.37. The van der Waals surface area contributed by atoms with E-state index < -0.39 is 0 Å². The summed E-state index contributed by atoms with van der Waals surface area (Å²) in [5, 5.41) is 3.05. The Hall–Kier alpha value is -2.09. The zero-order valence-electron chi connectivity index (χ0n) is 13.9. The largest absolute Gasteiger partial charge is 0.346 e. The van der Waals surface area contributed by atoms with Gasteiger partial charge in [0.05, 0.1) is 6.04 Å². The quantitative estimate of drug-likeness (QED) is 0.852. The summed E-state index contributed by atoms with van der Waals surface area (Å²) in [6, 6.07) is 16.2. The summed E-state index contributed by atoms with van der Waals surface area (Å²) in [5.74, 6) is 0.628. The molecule has 1 amide bonds. The molecular formula is C20H25NO. The van der Waals surface area contributed by atoms with Gasteiger partial charge in [-0.3, -0.25) is 4.79 Å². The lowest BCUT2D eigenvalue weighted by atomic mass is 10.00. The van der Waals surface area contributed by atoms with Crippen LogP contribution in [0.15, 0.2) is 48.5 Å². The van der Waals surface area contributed by atoms with Gasteiger partial charge in [-0.15, -0.1) is 0 Å². The van der Waals surface area contributed by atoms with Gasteiger partial charge in [0.25, 0.3) is 5.91 Å². The highest BCUT2D eigenvalue weighted by molar-refractivity contribution is 5.94. The van der Waals surface area contributed by atoms with Gasteiger partial charge in [0.15, 0.2) is 0 Å². The van der Waals surface area contributed by atoms with Crippen molar-refractivity contribution in [1.29, 1.82) is 0 Å². The number of aryl methyl sites for hydroxylation is 1. The SMILES string of the molecule is Cc1ccc(C(=O)N[C@@H](C)c2ccc(CC(C)C)cc2)cc1. The number of nitrogens with one attached hydrogen (secondary N) is 1. The third-order valence-electron chi connectivity index (χ3n) is 3.79. The van der Waals surface area contributed by atoms with Crippen LogP contribution in [-0.4, -0.2) is 5.91 Å². The molecule has 0 unspecified atom stereocenters. The first kappa shape index (κ1) is 16.3. The standard InChI is InChI=1S/C20H25NO/c1-14(2)13-17-7-11-18(12-8-17)16(4)21-20(22)19-9-5-15(3)6-10-19/h5-12,14,16H,13H2,1-4H3,(H,21,22)/t16-/m0/s1. The molecule has 1 N–H and O–H groups in total. The first-order valence-electron chi connectivity index (χ1n) is 7.92. The van der Waals surface area contributed by atoms with Crippen LogP contribution in [0.5, 0.6) is 0 Å². The Labute approximate surface area is 133 Å². The molecule has 0 aliphatic carbocycles. The van der Waals surface area contributed by atoms with Crippen molar-refractivity contribution in [1.82, 2.24) is 5.32 Å². The third kappa shape index (κ3) is 4.45. The van der Waals surface area contributed by atoms with Crippen LogP contribution in [0.1, 0.15) is 53.9 Å². The van der Waals surface area contributed by atoms with Crippen LogP contribution >= 0.6 is 0 Å². The van der Waals surface area contributed by atoms with E-state index in [2.05, 4.69) is 43.4 Å². The molecule has 116 valence electrons. The summed E-state index contributed by atoms with van der Waals surface area (Å²) in [6.07, 6.45) is 1.09. The van der Waals surface area contributed by atoms with E-state index in [1.807, 2.05) is 38.1 Å². The minimum Gasteiger partial charge on any atom is -0.346 e. The van der Waals surface area contributed by atoms with Crippen LogP contribution in [0.25, 0.3) is 0 Å². The molecule has 2 aromatic rings. The molecule has 1 atom stereocenters. The minimum atomic E-state index is -0.0289. The molecule has 0 bridgehead atoms. The summed E-state index contributed by atoms with van der Waals surface area (Å²) >= 11 is 0. The molecule has 0 saturated carbocycles. The van der Waals surface area contributed by atoms with E-state index >= 15 is 0 Å². The van der Waals surface area contributed by atoms with Crippen molar-refractivity contribution in [3.05, 3.63) is 70.8 Å². The van der Waals surface area contributed by atoms with Crippen molar-refractivity contribution in [2.24, 2.45) is 5.92 Å². The van der Waals surface area contributed by atoms with Crippen LogP contribution < -0.4 is 5.32 Å². The molecule has 0 spiro atoms. The van der Waals surface area contributed by atoms with E-state index in [4.69, 9.17) is 0 Å². The highest BCUT2D eigenvalue weighted by atomic mass is 16.1. The van der Waals surface area contributed by atoms with E-state index in [1.54, 1.807) is 0 Å². The van der Waals surface area contributed by atoms with Gasteiger partial charge in [0.1, 0.15) is 0 Å². The van der Waals surface area contributed by atoms with Crippen molar-refractivity contribution < 1.29 is 4.79 Å². The number of carbonyl (C=O) groups is 1. The molecular weight excluding hydrogens is 270 g/mol. The summed E-state index contributed by atoms with van der Waals surface area (Å²) in [5.41, 5.74) is 4.34. The molecule has 0 fully saturated rings. The summed E-state index contributed by atoms with van der Waals surface area (Å²) in [6.45, 7) is 8.48. The predicted molar refractivity (Wildman–Crippen MR) is 92.0 cm³/mol. The second kappa shape index (κ2) is 7.26. The maximum Gasteiger partial charge on any atom is 0.251 e. The van der Waals surface area contributed by atoms with Crippen molar-refractivity contribution in [2.75, 3.05) is 0 Å². The number of benzene rings is 2. The van der Waals surface area contributed by atoms with Gasteiger partial charge in [-0.05, 0) is 49.4 Å². The van der Waals surface area contributed by atoms with E-state index in [-0.39, 0.29) is 11.9 Å². The minimum absolute atomic E-state index is 0.00176. The van der Waals surface area contributed by atoms with Crippen LogP contribution in [0.2, 0.25) is 0 Å². The normalized spacial score (nSPS) is 12.2. The van der Waals surface area contributed by atoms with E-state index in [0.29, 0.717) is 11.5 Å². The smallest absolute Gasteiger partial charge is 0.251 e.